The fourth-order valence-corrected chi connectivity index (χ4v) is 2.87. The number of amidine groups is 1. The fourth-order valence-electron chi connectivity index (χ4n) is 2.11. The number of hydrogen-bond acceptors (Lipinski definition) is 4. The van der Waals surface area contributed by atoms with Gasteiger partial charge in [-0.15, -0.1) is 11.3 Å². The van der Waals surface area contributed by atoms with E-state index in [4.69, 9.17) is 11.1 Å². The van der Waals surface area contributed by atoms with Crippen LogP contribution in [0.5, 0.6) is 0 Å². The molecule has 18 heavy (non-hydrogen) atoms. The van der Waals surface area contributed by atoms with Crippen LogP contribution < -0.4 is 10.6 Å². The molecule has 2 aromatic heterocycles. The number of hydrogen-bond donors (Lipinski definition) is 2. The molecule has 0 bridgehead atoms. The van der Waals surface area contributed by atoms with E-state index in [1.165, 1.54) is 4.88 Å². The van der Waals surface area contributed by atoms with E-state index >= 15 is 0 Å². The second-order valence-corrected chi connectivity index (χ2v) is 5.29. The van der Waals surface area contributed by atoms with Gasteiger partial charge in [0.2, 0.25) is 0 Å². The lowest BCUT2D eigenvalue weighted by Crippen LogP contribution is -2.23. The van der Waals surface area contributed by atoms with Crippen molar-refractivity contribution in [3.8, 4) is 0 Å². The molecule has 0 amide bonds. The lowest BCUT2D eigenvalue weighted by atomic mass is 10.2. The van der Waals surface area contributed by atoms with Crippen LogP contribution in [0, 0.1) is 12.3 Å². The standard InChI is InChI=1S/C12H17N5S/c1-8-10(11(13)14)12(17(3)15-8)16(2)7-9-5-4-6-18-9/h4-6H,7H2,1-3H3,(H3,13,14). The Labute approximate surface area is 110 Å². The molecular weight excluding hydrogens is 246 g/mol. The predicted molar refractivity (Wildman–Crippen MR) is 75.4 cm³/mol. The van der Waals surface area contributed by atoms with Gasteiger partial charge in [-0.2, -0.15) is 5.10 Å². The lowest BCUT2D eigenvalue weighted by Gasteiger charge is -2.20. The molecule has 0 radical (unpaired) electrons. The number of nitrogens with zero attached hydrogens (tertiary/aromatic N) is 3. The van der Waals surface area contributed by atoms with Crippen LogP contribution in [0.2, 0.25) is 0 Å². The van der Waals surface area contributed by atoms with E-state index in [-0.39, 0.29) is 5.84 Å². The molecule has 0 aromatic carbocycles. The first-order valence-electron chi connectivity index (χ1n) is 5.62. The molecule has 0 aliphatic rings. The third-order valence-electron chi connectivity index (χ3n) is 2.80. The molecule has 96 valence electrons. The van der Waals surface area contributed by atoms with Gasteiger partial charge in [0.15, 0.2) is 0 Å². The largest absolute Gasteiger partial charge is 0.384 e. The molecule has 0 spiro atoms. The fraction of sp³-hybridized carbons (Fsp3) is 0.333. The van der Waals surface area contributed by atoms with Gasteiger partial charge in [0, 0.05) is 19.0 Å². The number of nitrogen functional groups attached to an aromatic ring is 1. The molecule has 0 fully saturated rings. The summed E-state index contributed by atoms with van der Waals surface area (Å²) in [6, 6.07) is 4.13. The maximum Gasteiger partial charge on any atom is 0.137 e. The van der Waals surface area contributed by atoms with Crippen molar-refractivity contribution < 1.29 is 0 Å². The molecule has 0 saturated carbocycles. The molecule has 0 unspecified atom stereocenters. The van der Waals surface area contributed by atoms with E-state index in [1.807, 2.05) is 27.1 Å². The van der Waals surface area contributed by atoms with Crippen molar-refractivity contribution in [1.82, 2.24) is 9.78 Å². The highest BCUT2D eigenvalue weighted by atomic mass is 32.1. The van der Waals surface area contributed by atoms with Crippen LogP contribution in [0.1, 0.15) is 16.1 Å². The van der Waals surface area contributed by atoms with E-state index in [9.17, 15) is 0 Å². The number of aromatic nitrogens is 2. The summed E-state index contributed by atoms with van der Waals surface area (Å²) in [5, 5.41) is 14.1. The molecule has 6 heteroatoms. The minimum absolute atomic E-state index is 0.0635. The highest BCUT2D eigenvalue weighted by molar-refractivity contribution is 7.09. The van der Waals surface area contributed by atoms with Crippen molar-refractivity contribution in [2.45, 2.75) is 13.5 Å². The average molecular weight is 263 g/mol. The topological polar surface area (TPSA) is 70.9 Å². The van der Waals surface area contributed by atoms with Crippen molar-refractivity contribution in [3.63, 3.8) is 0 Å². The SMILES string of the molecule is Cc1nn(C)c(N(C)Cc2cccs2)c1C(=N)N. The molecule has 0 aliphatic carbocycles. The average Bonchev–Trinajstić information content (AvgIpc) is 2.85. The van der Waals surface area contributed by atoms with Gasteiger partial charge in [-0.05, 0) is 18.4 Å². The first-order chi connectivity index (χ1) is 8.50. The first-order valence-corrected chi connectivity index (χ1v) is 6.50. The van der Waals surface area contributed by atoms with Gasteiger partial charge in [-0.1, -0.05) is 6.07 Å². The highest BCUT2D eigenvalue weighted by Crippen LogP contribution is 2.24. The van der Waals surface area contributed by atoms with Crippen molar-refractivity contribution in [1.29, 1.82) is 5.41 Å². The van der Waals surface area contributed by atoms with Gasteiger partial charge in [0.1, 0.15) is 11.7 Å². The Kier molecular flexibility index (Phi) is 3.38. The molecule has 3 N–H and O–H groups in total. The lowest BCUT2D eigenvalue weighted by molar-refractivity contribution is 0.728. The zero-order valence-corrected chi connectivity index (χ0v) is 11.6. The summed E-state index contributed by atoms with van der Waals surface area (Å²) in [5.74, 6) is 0.946. The summed E-state index contributed by atoms with van der Waals surface area (Å²) in [6.45, 7) is 2.66. The minimum Gasteiger partial charge on any atom is -0.384 e. The number of nitrogens with two attached hydrogens (primary N) is 1. The summed E-state index contributed by atoms with van der Waals surface area (Å²) in [6.07, 6.45) is 0. The number of nitrogens with one attached hydrogen (secondary N) is 1. The Morgan fingerprint density at radius 3 is 2.89 bits per heavy atom. The number of thiophene rings is 1. The Morgan fingerprint density at radius 2 is 2.33 bits per heavy atom. The second-order valence-electron chi connectivity index (χ2n) is 4.26. The highest BCUT2D eigenvalue weighted by Gasteiger charge is 2.19. The molecule has 0 saturated heterocycles. The minimum atomic E-state index is 0.0635. The normalized spacial score (nSPS) is 10.6. The van der Waals surface area contributed by atoms with Crippen LogP contribution in [-0.4, -0.2) is 22.7 Å². The molecule has 0 atom stereocenters. The first kappa shape index (κ1) is 12.6. The van der Waals surface area contributed by atoms with Gasteiger partial charge in [0.05, 0.1) is 17.8 Å². The molecular formula is C12H17N5S. The molecule has 0 aliphatic heterocycles. The van der Waals surface area contributed by atoms with Gasteiger partial charge >= 0.3 is 0 Å². The van der Waals surface area contributed by atoms with Crippen LogP contribution in [-0.2, 0) is 13.6 Å². The molecule has 2 aromatic rings. The summed E-state index contributed by atoms with van der Waals surface area (Å²) in [4.78, 5) is 3.34. The van der Waals surface area contributed by atoms with Gasteiger partial charge in [-0.3, -0.25) is 10.1 Å². The summed E-state index contributed by atoms with van der Waals surface area (Å²) in [5.41, 5.74) is 7.15. The van der Waals surface area contributed by atoms with Crippen molar-refractivity contribution >= 4 is 23.0 Å². The van der Waals surface area contributed by atoms with Crippen molar-refractivity contribution in [2.24, 2.45) is 12.8 Å². The Morgan fingerprint density at radius 1 is 1.61 bits per heavy atom. The summed E-state index contributed by atoms with van der Waals surface area (Å²) in [7, 11) is 3.86. The third-order valence-corrected chi connectivity index (χ3v) is 3.66. The Bertz CT molecular complexity index is 555. The van der Waals surface area contributed by atoms with Crippen LogP contribution in [0.4, 0.5) is 5.82 Å². The van der Waals surface area contributed by atoms with E-state index < -0.39 is 0 Å². The predicted octanol–water partition coefficient (Wildman–Crippen LogP) is 1.71. The molecule has 5 nitrogen and oxygen atoms in total. The van der Waals surface area contributed by atoms with Gasteiger partial charge < -0.3 is 10.6 Å². The van der Waals surface area contributed by atoms with Crippen LogP contribution >= 0.6 is 11.3 Å². The summed E-state index contributed by atoms with van der Waals surface area (Å²) >= 11 is 1.72. The molecule has 2 heterocycles. The monoisotopic (exact) mass is 263 g/mol. The Balaban J connectivity index is 2.35. The molecule has 2 rings (SSSR count). The zero-order chi connectivity index (χ0) is 13.3. The van der Waals surface area contributed by atoms with Crippen molar-refractivity contribution in [2.75, 3.05) is 11.9 Å². The van der Waals surface area contributed by atoms with E-state index in [2.05, 4.69) is 21.4 Å². The smallest absolute Gasteiger partial charge is 0.137 e. The van der Waals surface area contributed by atoms with E-state index in [1.54, 1.807) is 16.0 Å². The summed E-state index contributed by atoms with van der Waals surface area (Å²) < 4.78 is 1.78. The van der Waals surface area contributed by atoms with E-state index in [0.29, 0.717) is 0 Å². The quantitative estimate of drug-likeness (QED) is 0.651. The number of rotatable bonds is 4. The third kappa shape index (κ3) is 2.24. The second kappa shape index (κ2) is 4.81. The Hall–Kier alpha value is -1.82. The van der Waals surface area contributed by atoms with Gasteiger partial charge in [-0.25, -0.2) is 0 Å². The van der Waals surface area contributed by atoms with Gasteiger partial charge in [0.25, 0.3) is 0 Å². The zero-order valence-electron chi connectivity index (χ0n) is 10.8. The maximum atomic E-state index is 7.67. The van der Waals surface area contributed by atoms with Crippen molar-refractivity contribution in [3.05, 3.63) is 33.6 Å². The van der Waals surface area contributed by atoms with E-state index in [0.717, 1.165) is 23.6 Å². The maximum absolute atomic E-state index is 7.67. The van der Waals surface area contributed by atoms with Crippen LogP contribution in [0.15, 0.2) is 17.5 Å². The number of anilines is 1. The van der Waals surface area contributed by atoms with Crippen LogP contribution in [0.25, 0.3) is 0 Å². The number of aryl methyl sites for hydroxylation is 2. The van der Waals surface area contributed by atoms with Crippen LogP contribution in [0.3, 0.4) is 0 Å².